The molecule has 0 saturated carbocycles. The van der Waals surface area contributed by atoms with Crippen LogP contribution in [0.1, 0.15) is 50.4 Å². The Morgan fingerprint density at radius 2 is 1.77 bits per heavy atom. The fraction of sp³-hybridized carbons (Fsp3) is 0.143. The van der Waals surface area contributed by atoms with Crippen molar-refractivity contribution in [2.24, 2.45) is 0 Å². The highest BCUT2D eigenvalue weighted by Gasteiger charge is 2.30. The fourth-order valence-electron chi connectivity index (χ4n) is 4.23. The number of carbonyl (C=O) groups is 2. The Bertz CT molecular complexity index is 1640. The largest absolute Gasteiger partial charge is 0.478 e. The number of halogens is 3. The lowest BCUT2D eigenvalue weighted by molar-refractivity contribution is -0.137. The Balaban J connectivity index is 1.50. The summed E-state index contributed by atoms with van der Waals surface area (Å²) in [7, 11) is 0. The smallest absolute Gasteiger partial charge is 0.416 e. The molecule has 0 saturated heterocycles. The highest BCUT2D eigenvalue weighted by atomic mass is 32.1. The zero-order valence-electron chi connectivity index (χ0n) is 20.4. The number of nitrogens with one attached hydrogen (secondary N) is 1. The number of fused-ring (bicyclic) bond motifs is 1. The predicted octanol–water partition coefficient (Wildman–Crippen LogP) is 6.42. The van der Waals surface area contributed by atoms with Gasteiger partial charge in [0.25, 0.3) is 5.91 Å². The van der Waals surface area contributed by atoms with Crippen LogP contribution in [0.3, 0.4) is 0 Å². The van der Waals surface area contributed by atoms with Gasteiger partial charge < -0.3 is 10.4 Å². The minimum Gasteiger partial charge on any atom is -0.478 e. The number of hydrogen-bond acceptors (Lipinski definition) is 5. The van der Waals surface area contributed by atoms with Crippen molar-refractivity contribution < 1.29 is 27.9 Å². The van der Waals surface area contributed by atoms with Crippen LogP contribution >= 0.6 is 11.3 Å². The number of nitrogens with zero attached hydrogens (tertiary/aromatic N) is 3. The average molecular weight is 551 g/mol. The van der Waals surface area contributed by atoms with E-state index in [2.05, 4.69) is 15.6 Å². The van der Waals surface area contributed by atoms with E-state index in [9.17, 15) is 22.8 Å². The molecule has 11 heteroatoms. The molecule has 5 rings (SSSR count). The van der Waals surface area contributed by atoms with Crippen LogP contribution in [-0.4, -0.2) is 32.0 Å². The van der Waals surface area contributed by atoms with Gasteiger partial charge in [-0.1, -0.05) is 35.5 Å². The molecule has 198 valence electrons. The normalized spacial score (nSPS) is 12.4. The van der Waals surface area contributed by atoms with E-state index in [0.717, 1.165) is 28.1 Å². The fourth-order valence-corrected chi connectivity index (χ4v) is 4.94. The zero-order chi connectivity index (χ0) is 27.7. The topological polar surface area (TPSA) is 97.1 Å². The summed E-state index contributed by atoms with van der Waals surface area (Å²) < 4.78 is 40.5. The molecule has 0 spiro atoms. The maximum absolute atomic E-state index is 13.6. The Morgan fingerprint density at radius 3 is 2.38 bits per heavy atom. The summed E-state index contributed by atoms with van der Waals surface area (Å²) in [6, 6.07) is 17.9. The number of amides is 1. The van der Waals surface area contributed by atoms with E-state index in [1.165, 1.54) is 40.3 Å². The third-order valence-electron chi connectivity index (χ3n) is 6.28. The Kier molecular flexibility index (Phi) is 6.92. The molecular formula is C28H21F3N4O3S. The maximum atomic E-state index is 13.6. The molecule has 0 radical (unpaired) electrons. The van der Waals surface area contributed by atoms with Crippen molar-refractivity contribution in [2.75, 3.05) is 0 Å². The van der Waals surface area contributed by atoms with Crippen molar-refractivity contribution in [1.82, 2.24) is 20.3 Å². The van der Waals surface area contributed by atoms with Crippen molar-refractivity contribution in [3.05, 3.63) is 106 Å². The first-order chi connectivity index (χ1) is 18.6. The first-order valence-electron chi connectivity index (χ1n) is 11.8. The van der Waals surface area contributed by atoms with Crippen LogP contribution in [0.2, 0.25) is 0 Å². The van der Waals surface area contributed by atoms with Crippen LogP contribution in [0, 0.1) is 0 Å². The predicted molar refractivity (Wildman–Crippen MR) is 141 cm³/mol. The molecule has 39 heavy (non-hydrogen) atoms. The van der Waals surface area contributed by atoms with Gasteiger partial charge in [0.05, 0.1) is 29.3 Å². The number of benzene rings is 3. The minimum atomic E-state index is -4.44. The van der Waals surface area contributed by atoms with Gasteiger partial charge in [-0.2, -0.15) is 13.2 Å². The van der Waals surface area contributed by atoms with Gasteiger partial charge in [0, 0.05) is 4.88 Å². The number of rotatable bonds is 7. The standard InChI is InChI=1S/C28H21F3N4O3S/c1-16(18-6-8-19(9-7-18)27(37)38)32-26(36)22-13-20(24-3-2-12-39-24)14-23-25(22)35(34-33-23)15-17-4-10-21(11-5-17)28(29,30)31/h2-14,16H,15H2,1H3,(H,32,36)(H,37,38)/t16-/m0/s1. The van der Waals surface area contributed by atoms with Gasteiger partial charge >= 0.3 is 12.1 Å². The second-order valence-electron chi connectivity index (χ2n) is 8.93. The highest BCUT2D eigenvalue weighted by molar-refractivity contribution is 7.13. The lowest BCUT2D eigenvalue weighted by Crippen LogP contribution is -2.27. The van der Waals surface area contributed by atoms with Gasteiger partial charge in [-0.15, -0.1) is 16.4 Å². The number of aromatic carboxylic acids is 1. The monoisotopic (exact) mass is 550 g/mol. The van der Waals surface area contributed by atoms with Gasteiger partial charge in [-0.05, 0) is 71.5 Å². The lowest BCUT2D eigenvalue weighted by atomic mass is 10.0. The van der Waals surface area contributed by atoms with Gasteiger partial charge in [-0.3, -0.25) is 4.79 Å². The second kappa shape index (κ2) is 10.3. The average Bonchev–Trinajstić information content (AvgIpc) is 3.59. The van der Waals surface area contributed by atoms with Crippen LogP contribution in [0.5, 0.6) is 0 Å². The van der Waals surface area contributed by atoms with Gasteiger partial charge in [-0.25, -0.2) is 9.48 Å². The lowest BCUT2D eigenvalue weighted by Gasteiger charge is -2.16. The summed E-state index contributed by atoms with van der Waals surface area (Å²) in [5.41, 5.74) is 2.68. The third kappa shape index (κ3) is 5.53. The van der Waals surface area contributed by atoms with Gasteiger partial charge in [0.15, 0.2) is 0 Å². The number of carboxylic acids is 1. The molecule has 0 aliphatic heterocycles. The summed E-state index contributed by atoms with van der Waals surface area (Å²) in [5.74, 6) is -1.44. The van der Waals surface area contributed by atoms with Crippen molar-refractivity contribution in [2.45, 2.75) is 25.7 Å². The Morgan fingerprint density at radius 1 is 1.05 bits per heavy atom. The van der Waals surface area contributed by atoms with E-state index in [0.29, 0.717) is 22.2 Å². The third-order valence-corrected chi connectivity index (χ3v) is 7.20. The van der Waals surface area contributed by atoms with E-state index in [1.807, 2.05) is 23.6 Å². The van der Waals surface area contributed by atoms with E-state index in [4.69, 9.17) is 5.11 Å². The molecule has 2 N–H and O–H groups in total. The van der Waals surface area contributed by atoms with Gasteiger partial charge in [0.1, 0.15) is 11.0 Å². The molecule has 0 aliphatic rings. The van der Waals surface area contributed by atoms with Crippen LogP contribution in [0.15, 0.2) is 78.2 Å². The molecule has 7 nitrogen and oxygen atoms in total. The molecule has 1 amide bonds. The molecule has 0 bridgehead atoms. The molecule has 0 unspecified atom stereocenters. The number of carbonyl (C=O) groups excluding carboxylic acids is 1. The van der Waals surface area contributed by atoms with Crippen LogP contribution in [-0.2, 0) is 12.7 Å². The second-order valence-corrected chi connectivity index (χ2v) is 9.88. The van der Waals surface area contributed by atoms with E-state index in [-0.39, 0.29) is 12.1 Å². The minimum absolute atomic E-state index is 0.111. The summed E-state index contributed by atoms with van der Waals surface area (Å²) in [5, 5.41) is 22.5. The SMILES string of the molecule is C[C@H](NC(=O)c1cc(-c2cccs2)cc2nnn(Cc3ccc(C(F)(F)F)cc3)c12)c1ccc(C(=O)O)cc1. The molecule has 5 aromatic rings. The van der Waals surface area contributed by atoms with Crippen LogP contribution < -0.4 is 5.32 Å². The molecule has 1 atom stereocenters. The summed E-state index contributed by atoms with van der Waals surface area (Å²) in [6.45, 7) is 1.89. The molecule has 0 aliphatic carbocycles. The Labute approximate surface area is 224 Å². The first kappa shape index (κ1) is 26.1. The zero-order valence-corrected chi connectivity index (χ0v) is 21.3. The van der Waals surface area contributed by atoms with Crippen molar-refractivity contribution >= 4 is 34.2 Å². The summed E-state index contributed by atoms with van der Waals surface area (Å²) in [4.78, 5) is 25.7. The molecular weight excluding hydrogens is 529 g/mol. The number of alkyl halides is 3. The van der Waals surface area contributed by atoms with Crippen LogP contribution in [0.4, 0.5) is 13.2 Å². The van der Waals surface area contributed by atoms with Crippen LogP contribution in [0.25, 0.3) is 21.5 Å². The van der Waals surface area contributed by atoms with E-state index >= 15 is 0 Å². The molecule has 2 aromatic heterocycles. The van der Waals surface area contributed by atoms with E-state index in [1.54, 1.807) is 25.1 Å². The maximum Gasteiger partial charge on any atom is 0.416 e. The van der Waals surface area contributed by atoms with Gasteiger partial charge in [0.2, 0.25) is 0 Å². The Hall–Kier alpha value is -4.51. The number of carboxylic acid groups (broad SMARTS) is 1. The summed E-state index contributed by atoms with van der Waals surface area (Å²) in [6.07, 6.45) is -4.44. The summed E-state index contributed by atoms with van der Waals surface area (Å²) >= 11 is 1.51. The quantitative estimate of drug-likeness (QED) is 0.244. The number of hydrogen-bond donors (Lipinski definition) is 2. The molecule has 2 heterocycles. The van der Waals surface area contributed by atoms with E-state index < -0.39 is 29.7 Å². The highest BCUT2D eigenvalue weighted by Crippen LogP contribution is 2.32. The number of aromatic nitrogens is 3. The van der Waals surface area contributed by atoms with Crippen molar-refractivity contribution in [1.29, 1.82) is 0 Å². The first-order valence-corrected chi connectivity index (χ1v) is 12.7. The molecule has 0 fully saturated rings. The van der Waals surface area contributed by atoms with Crippen molar-refractivity contribution in [3.63, 3.8) is 0 Å². The molecule has 3 aromatic carbocycles. The number of thiophene rings is 1. The van der Waals surface area contributed by atoms with Crippen molar-refractivity contribution in [3.8, 4) is 10.4 Å².